The smallest absolute Gasteiger partial charge is 0.255 e. The van der Waals surface area contributed by atoms with E-state index in [0.717, 1.165) is 9.99 Å². The molecule has 2 saturated carbocycles. The fourth-order valence-electron chi connectivity index (χ4n) is 5.73. The quantitative estimate of drug-likeness (QED) is 0.384. The Bertz CT molecular complexity index is 1090. The first kappa shape index (κ1) is 18.3. The van der Waals surface area contributed by atoms with Gasteiger partial charge in [0.2, 0.25) is 11.8 Å². The Morgan fingerprint density at radius 2 is 1.57 bits per heavy atom. The summed E-state index contributed by atoms with van der Waals surface area (Å²) in [5.74, 6) is 0.582. The number of nitrogens with zero attached hydrogens (tertiary/aromatic N) is 1. The zero-order valence-corrected chi connectivity index (χ0v) is 18.2. The van der Waals surface area contributed by atoms with E-state index in [1.807, 2.05) is 24.3 Å². The lowest BCUT2D eigenvalue weighted by Gasteiger charge is -2.37. The number of hydrogen-bond donors (Lipinski definition) is 1. The Kier molecular flexibility index (Phi) is 3.97. The Morgan fingerprint density at radius 1 is 0.933 bits per heavy atom. The largest absolute Gasteiger partial charge is 0.322 e. The van der Waals surface area contributed by atoms with Crippen LogP contribution in [0.3, 0.4) is 0 Å². The number of allylic oxidation sites excluding steroid dienone is 2. The van der Waals surface area contributed by atoms with E-state index in [1.165, 1.54) is 4.90 Å². The summed E-state index contributed by atoms with van der Waals surface area (Å²) in [7, 11) is 0. The van der Waals surface area contributed by atoms with Crippen molar-refractivity contribution in [2.75, 3.05) is 10.2 Å². The second-order valence-electron chi connectivity index (χ2n) is 8.68. The molecule has 30 heavy (non-hydrogen) atoms. The van der Waals surface area contributed by atoms with Crippen LogP contribution in [-0.2, 0) is 9.59 Å². The van der Waals surface area contributed by atoms with Crippen LogP contribution in [0.15, 0.2) is 60.7 Å². The van der Waals surface area contributed by atoms with Crippen molar-refractivity contribution in [3.63, 3.8) is 0 Å². The summed E-state index contributed by atoms with van der Waals surface area (Å²) < 4.78 is 1.08. The van der Waals surface area contributed by atoms with Gasteiger partial charge in [-0.1, -0.05) is 18.2 Å². The fourth-order valence-corrected chi connectivity index (χ4v) is 6.09. The van der Waals surface area contributed by atoms with Crippen molar-refractivity contribution in [1.82, 2.24) is 0 Å². The highest BCUT2D eigenvalue weighted by Gasteiger charge is 2.67. The highest BCUT2D eigenvalue weighted by molar-refractivity contribution is 14.1. The van der Waals surface area contributed by atoms with Crippen LogP contribution in [0.5, 0.6) is 0 Å². The molecule has 1 heterocycles. The Morgan fingerprint density at radius 3 is 2.20 bits per heavy atom. The molecule has 4 aliphatic carbocycles. The molecule has 2 aromatic rings. The molecule has 1 aliphatic heterocycles. The van der Waals surface area contributed by atoms with Crippen LogP contribution in [0.1, 0.15) is 16.8 Å². The maximum absolute atomic E-state index is 13.3. The van der Waals surface area contributed by atoms with Crippen molar-refractivity contribution in [1.29, 1.82) is 0 Å². The first-order chi connectivity index (χ1) is 14.5. The molecule has 3 fully saturated rings. The van der Waals surface area contributed by atoms with Gasteiger partial charge in [0.25, 0.3) is 5.91 Å². The summed E-state index contributed by atoms with van der Waals surface area (Å²) >= 11 is 2.21. The molecule has 2 aromatic carbocycles. The third kappa shape index (κ3) is 2.62. The van der Waals surface area contributed by atoms with E-state index < -0.39 is 0 Å². The van der Waals surface area contributed by atoms with E-state index in [4.69, 9.17) is 0 Å². The molecule has 0 spiro atoms. The SMILES string of the molecule is O=C(Nc1ccc(I)cc1)c1cccc(N2C(=O)[C@H]3[C@@H]4C=C[C@H]([C@H]5C[C@H]45)[C@@H]3C2=O)c1. The summed E-state index contributed by atoms with van der Waals surface area (Å²) in [5, 5.41) is 2.87. The van der Waals surface area contributed by atoms with Gasteiger partial charge in [0.05, 0.1) is 17.5 Å². The van der Waals surface area contributed by atoms with Gasteiger partial charge in [-0.25, -0.2) is 4.90 Å². The third-order valence-electron chi connectivity index (χ3n) is 7.13. The van der Waals surface area contributed by atoms with Crippen LogP contribution in [-0.4, -0.2) is 17.7 Å². The van der Waals surface area contributed by atoms with Gasteiger partial charge < -0.3 is 5.32 Å². The van der Waals surface area contributed by atoms with Gasteiger partial charge in [0.1, 0.15) is 0 Å². The van der Waals surface area contributed by atoms with Crippen LogP contribution < -0.4 is 10.2 Å². The van der Waals surface area contributed by atoms with E-state index in [2.05, 4.69) is 40.1 Å². The molecule has 1 saturated heterocycles. The number of hydrogen-bond acceptors (Lipinski definition) is 3. The molecule has 0 aromatic heterocycles. The predicted molar refractivity (Wildman–Crippen MR) is 121 cm³/mol. The molecule has 3 amide bonds. The third-order valence-corrected chi connectivity index (χ3v) is 7.85. The van der Waals surface area contributed by atoms with Gasteiger partial charge in [-0.2, -0.15) is 0 Å². The van der Waals surface area contributed by atoms with Gasteiger partial charge in [-0.05, 0) is 95.1 Å². The van der Waals surface area contributed by atoms with Crippen LogP contribution in [0.4, 0.5) is 11.4 Å². The molecular formula is C24H19IN2O3. The number of halogens is 1. The minimum absolute atomic E-state index is 0.107. The number of rotatable bonds is 3. The van der Waals surface area contributed by atoms with Gasteiger partial charge >= 0.3 is 0 Å². The zero-order valence-electron chi connectivity index (χ0n) is 16.0. The molecule has 5 aliphatic rings. The van der Waals surface area contributed by atoms with Gasteiger partial charge in [-0.15, -0.1) is 0 Å². The van der Waals surface area contributed by atoms with E-state index in [0.29, 0.717) is 28.8 Å². The van der Waals surface area contributed by atoms with Crippen molar-refractivity contribution < 1.29 is 14.4 Å². The van der Waals surface area contributed by atoms with Crippen LogP contribution in [0, 0.1) is 39.1 Å². The normalized spacial score (nSPS) is 32.8. The lowest BCUT2D eigenvalue weighted by Crippen LogP contribution is -2.40. The second-order valence-corrected chi connectivity index (χ2v) is 9.92. The Hall–Kier alpha value is -2.48. The topological polar surface area (TPSA) is 66.5 Å². The summed E-state index contributed by atoms with van der Waals surface area (Å²) in [6.07, 6.45) is 5.48. The summed E-state index contributed by atoms with van der Waals surface area (Å²) in [6, 6.07) is 14.3. The number of amides is 3. The van der Waals surface area contributed by atoms with Crippen LogP contribution in [0.2, 0.25) is 0 Å². The zero-order chi connectivity index (χ0) is 20.6. The second kappa shape index (κ2) is 6.51. The predicted octanol–water partition coefficient (Wildman–Crippen LogP) is 4.10. The van der Waals surface area contributed by atoms with Gasteiger partial charge in [-0.3, -0.25) is 14.4 Å². The minimum atomic E-state index is -0.266. The molecule has 2 bridgehead atoms. The number of carbonyl (C=O) groups excluding carboxylic acids is 3. The lowest BCUT2D eigenvalue weighted by molar-refractivity contribution is -0.124. The number of imide groups is 1. The molecule has 0 unspecified atom stereocenters. The first-order valence-corrected chi connectivity index (χ1v) is 11.3. The van der Waals surface area contributed by atoms with E-state index >= 15 is 0 Å². The van der Waals surface area contributed by atoms with Crippen LogP contribution >= 0.6 is 22.6 Å². The van der Waals surface area contributed by atoms with E-state index in [9.17, 15) is 14.4 Å². The van der Waals surface area contributed by atoms with Crippen molar-refractivity contribution >= 4 is 51.7 Å². The van der Waals surface area contributed by atoms with Crippen molar-refractivity contribution in [2.24, 2.45) is 35.5 Å². The van der Waals surface area contributed by atoms with E-state index in [-0.39, 0.29) is 41.4 Å². The van der Waals surface area contributed by atoms with Crippen LogP contribution in [0.25, 0.3) is 0 Å². The molecule has 6 atom stereocenters. The molecule has 6 heteroatoms. The lowest BCUT2D eigenvalue weighted by atomic mass is 9.63. The number of nitrogens with one attached hydrogen (secondary N) is 1. The highest BCUT2D eigenvalue weighted by Crippen LogP contribution is 2.65. The Balaban J connectivity index is 1.28. The maximum Gasteiger partial charge on any atom is 0.255 e. The van der Waals surface area contributed by atoms with Gasteiger partial charge in [0, 0.05) is 14.8 Å². The molecule has 0 radical (unpaired) electrons. The number of benzene rings is 2. The molecule has 1 N–H and O–H groups in total. The van der Waals surface area contributed by atoms with Crippen molar-refractivity contribution in [2.45, 2.75) is 6.42 Å². The average Bonchev–Trinajstić information content (AvgIpc) is 3.53. The standard InChI is InChI=1S/C24H19IN2O3/c25-13-4-6-14(7-5-13)26-22(28)12-2-1-3-15(10-12)27-23(29)20-16-8-9-17(19-11-18(16)19)21(20)24(27)30/h1-10,16-21H,11H2,(H,26,28)/t16-,17-,18-,19-,20+,21+/m1/s1. The molecule has 7 rings (SSSR count). The molecular weight excluding hydrogens is 491 g/mol. The fraction of sp³-hybridized carbons (Fsp3) is 0.292. The van der Waals surface area contributed by atoms with E-state index in [1.54, 1.807) is 24.3 Å². The molecule has 150 valence electrons. The Labute approximate surface area is 187 Å². The summed E-state index contributed by atoms with van der Waals surface area (Å²) in [5.41, 5.74) is 1.61. The number of anilines is 2. The highest BCUT2D eigenvalue weighted by atomic mass is 127. The average molecular weight is 510 g/mol. The van der Waals surface area contributed by atoms with Gasteiger partial charge in [0.15, 0.2) is 0 Å². The monoisotopic (exact) mass is 510 g/mol. The molecule has 5 nitrogen and oxygen atoms in total. The minimum Gasteiger partial charge on any atom is -0.322 e. The maximum atomic E-state index is 13.3. The first-order valence-electron chi connectivity index (χ1n) is 10.3. The summed E-state index contributed by atoms with van der Waals surface area (Å²) in [6.45, 7) is 0. The number of carbonyl (C=O) groups is 3. The summed E-state index contributed by atoms with van der Waals surface area (Å²) in [4.78, 5) is 40.6. The van der Waals surface area contributed by atoms with Crippen molar-refractivity contribution in [3.8, 4) is 0 Å². The van der Waals surface area contributed by atoms with Crippen molar-refractivity contribution in [3.05, 3.63) is 69.8 Å².